The van der Waals surface area contributed by atoms with Crippen LogP contribution in [0.1, 0.15) is 11.4 Å². The van der Waals surface area contributed by atoms with E-state index in [1.54, 1.807) is 23.7 Å². The number of hydrogen-bond acceptors (Lipinski definition) is 4. The Morgan fingerprint density at radius 1 is 1.31 bits per heavy atom. The molecule has 3 nitrogen and oxygen atoms in total. The standard InChI is InChI=1S/C8H8ClN3S/c9-3-1-2-6-12-7-8(13-6)11-5-4-10-7/h4-5H,1-3H2. The van der Waals surface area contributed by atoms with E-state index in [2.05, 4.69) is 15.0 Å². The second-order valence-corrected chi connectivity index (χ2v) is 4.03. The molecule has 0 atom stereocenters. The number of halogens is 1. The summed E-state index contributed by atoms with van der Waals surface area (Å²) >= 11 is 7.19. The third-order valence-electron chi connectivity index (χ3n) is 1.62. The van der Waals surface area contributed by atoms with E-state index in [-0.39, 0.29) is 0 Å². The van der Waals surface area contributed by atoms with Crippen LogP contribution in [0.5, 0.6) is 0 Å². The third kappa shape index (κ3) is 1.95. The lowest BCUT2D eigenvalue weighted by molar-refractivity contribution is 0.917. The maximum atomic E-state index is 5.60. The monoisotopic (exact) mass is 213 g/mol. The van der Waals surface area contributed by atoms with Gasteiger partial charge in [-0.05, 0) is 6.42 Å². The van der Waals surface area contributed by atoms with Crippen LogP contribution in [-0.2, 0) is 6.42 Å². The molecular formula is C8H8ClN3S. The van der Waals surface area contributed by atoms with Crippen molar-refractivity contribution in [1.29, 1.82) is 0 Å². The second kappa shape index (κ2) is 3.98. The first kappa shape index (κ1) is 8.84. The van der Waals surface area contributed by atoms with Crippen LogP contribution >= 0.6 is 22.9 Å². The van der Waals surface area contributed by atoms with Crippen molar-refractivity contribution in [3.8, 4) is 0 Å². The van der Waals surface area contributed by atoms with Gasteiger partial charge in [-0.15, -0.1) is 11.6 Å². The van der Waals surface area contributed by atoms with Crippen LogP contribution in [0.25, 0.3) is 10.5 Å². The molecule has 0 saturated carbocycles. The molecule has 2 rings (SSSR count). The fourth-order valence-corrected chi connectivity index (χ4v) is 2.08. The summed E-state index contributed by atoms with van der Waals surface area (Å²) in [5.41, 5.74) is 0.747. The number of nitrogens with zero attached hydrogens (tertiary/aromatic N) is 3. The second-order valence-electron chi connectivity index (χ2n) is 2.59. The van der Waals surface area contributed by atoms with Crippen molar-refractivity contribution in [2.75, 3.05) is 5.88 Å². The van der Waals surface area contributed by atoms with E-state index < -0.39 is 0 Å². The van der Waals surface area contributed by atoms with Gasteiger partial charge in [0.15, 0.2) is 10.5 Å². The zero-order chi connectivity index (χ0) is 9.10. The van der Waals surface area contributed by atoms with E-state index in [1.807, 2.05) is 0 Å². The summed E-state index contributed by atoms with van der Waals surface area (Å²) < 4.78 is 0. The van der Waals surface area contributed by atoms with Gasteiger partial charge in [0, 0.05) is 24.7 Å². The lowest BCUT2D eigenvalue weighted by atomic mass is 10.3. The Kier molecular flexibility index (Phi) is 2.71. The van der Waals surface area contributed by atoms with Crippen LogP contribution in [-0.4, -0.2) is 20.8 Å². The van der Waals surface area contributed by atoms with E-state index in [0.29, 0.717) is 5.88 Å². The highest BCUT2D eigenvalue weighted by Crippen LogP contribution is 2.18. The summed E-state index contributed by atoms with van der Waals surface area (Å²) in [4.78, 5) is 13.5. The fraction of sp³-hybridized carbons (Fsp3) is 0.375. The number of thiazole rings is 1. The lowest BCUT2D eigenvalue weighted by Crippen LogP contribution is -1.84. The molecule has 13 heavy (non-hydrogen) atoms. The van der Waals surface area contributed by atoms with Crippen molar-refractivity contribution in [3.05, 3.63) is 17.4 Å². The molecule has 2 aromatic heterocycles. The molecule has 2 aromatic rings. The molecule has 0 saturated heterocycles. The smallest absolute Gasteiger partial charge is 0.189 e. The quantitative estimate of drug-likeness (QED) is 0.735. The van der Waals surface area contributed by atoms with Gasteiger partial charge >= 0.3 is 0 Å². The summed E-state index contributed by atoms with van der Waals surface area (Å²) in [7, 11) is 0. The van der Waals surface area contributed by atoms with Gasteiger partial charge < -0.3 is 0 Å². The van der Waals surface area contributed by atoms with Gasteiger partial charge in [0.25, 0.3) is 0 Å². The molecule has 0 aliphatic heterocycles. The number of aryl methyl sites for hydroxylation is 1. The van der Waals surface area contributed by atoms with Crippen LogP contribution < -0.4 is 0 Å². The van der Waals surface area contributed by atoms with E-state index in [9.17, 15) is 0 Å². The largest absolute Gasteiger partial charge is 0.240 e. The molecular weight excluding hydrogens is 206 g/mol. The van der Waals surface area contributed by atoms with Crippen LogP contribution in [0.3, 0.4) is 0 Å². The van der Waals surface area contributed by atoms with Gasteiger partial charge in [-0.2, -0.15) is 0 Å². The van der Waals surface area contributed by atoms with Crippen molar-refractivity contribution in [2.24, 2.45) is 0 Å². The number of rotatable bonds is 3. The average molecular weight is 214 g/mol. The molecule has 0 aliphatic rings. The van der Waals surface area contributed by atoms with Crippen molar-refractivity contribution >= 4 is 33.4 Å². The lowest BCUT2D eigenvalue weighted by Gasteiger charge is -1.87. The van der Waals surface area contributed by atoms with Crippen LogP contribution in [0.15, 0.2) is 12.4 Å². The van der Waals surface area contributed by atoms with Crippen molar-refractivity contribution < 1.29 is 0 Å². The minimum absolute atomic E-state index is 0.677. The normalized spacial score (nSPS) is 10.8. The molecule has 2 heterocycles. The number of aromatic nitrogens is 3. The topological polar surface area (TPSA) is 38.7 Å². The van der Waals surface area contributed by atoms with E-state index in [1.165, 1.54) is 0 Å². The van der Waals surface area contributed by atoms with E-state index >= 15 is 0 Å². The predicted octanol–water partition coefficient (Wildman–Crippen LogP) is 2.26. The highest BCUT2D eigenvalue weighted by Gasteiger charge is 2.03. The van der Waals surface area contributed by atoms with Crippen molar-refractivity contribution in [3.63, 3.8) is 0 Å². The fourth-order valence-electron chi connectivity index (χ4n) is 1.04. The van der Waals surface area contributed by atoms with Crippen LogP contribution in [0.4, 0.5) is 0 Å². The molecule has 0 spiro atoms. The number of alkyl halides is 1. The van der Waals surface area contributed by atoms with E-state index in [0.717, 1.165) is 28.3 Å². The van der Waals surface area contributed by atoms with Crippen LogP contribution in [0, 0.1) is 0 Å². The predicted molar refractivity (Wildman–Crippen MR) is 54.3 cm³/mol. The first-order valence-corrected chi connectivity index (χ1v) is 5.37. The Hall–Kier alpha value is -0.740. The summed E-state index contributed by atoms with van der Waals surface area (Å²) in [5.74, 6) is 0.677. The molecule has 68 valence electrons. The van der Waals surface area contributed by atoms with Crippen LogP contribution in [0.2, 0.25) is 0 Å². The molecule has 0 unspecified atom stereocenters. The molecule has 0 aliphatic carbocycles. The van der Waals surface area contributed by atoms with Crippen molar-refractivity contribution in [1.82, 2.24) is 15.0 Å². The molecule has 0 amide bonds. The van der Waals surface area contributed by atoms with E-state index in [4.69, 9.17) is 11.6 Å². The Bertz CT molecular complexity index is 368. The Morgan fingerprint density at radius 2 is 2.15 bits per heavy atom. The summed E-state index contributed by atoms with van der Waals surface area (Å²) in [6.07, 6.45) is 5.23. The Labute approximate surface area is 84.8 Å². The van der Waals surface area contributed by atoms with Gasteiger partial charge in [0.05, 0.1) is 5.01 Å². The molecule has 0 N–H and O–H groups in total. The summed E-state index contributed by atoms with van der Waals surface area (Å²) in [6, 6.07) is 0. The molecule has 0 bridgehead atoms. The zero-order valence-corrected chi connectivity index (χ0v) is 8.48. The first-order chi connectivity index (χ1) is 6.40. The molecule has 0 radical (unpaired) electrons. The number of hydrogen-bond donors (Lipinski definition) is 0. The summed E-state index contributed by atoms with van der Waals surface area (Å²) in [5, 5.41) is 1.07. The average Bonchev–Trinajstić information content (AvgIpc) is 2.57. The minimum atomic E-state index is 0.677. The van der Waals surface area contributed by atoms with Gasteiger partial charge in [0.2, 0.25) is 0 Å². The van der Waals surface area contributed by atoms with Crippen molar-refractivity contribution in [2.45, 2.75) is 12.8 Å². The molecule has 0 aromatic carbocycles. The third-order valence-corrected chi connectivity index (χ3v) is 2.90. The highest BCUT2D eigenvalue weighted by atomic mass is 35.5. The SMILES string of the molecule is ClCCCc1nc2nccnc2s1. The highest BCUT2D eigenvalue weighted by molar-refractivity contribution is 7.18. The molecule has 5 heteroatoms. The zero-order valence-electron chi connectivity index (χ0n) is 6.90. The Morgan fingerprint density at radius 3 is 2.92 bits per heavy atom. The van der Waals surface area contributed by atoms with Gasteiger partial charge in [0.1, 0.15) is 0 Å². The summed E-state index contributed by atoms with van der Waals surface area (Å²) in [6.45, 7) is 0. The number of fused-ring (bicyclic) bond motifs is 1. The maximum absolute atomic E-state index is 5.60. The minimum Gasteiger partial charge on any atom is -0.240 e. The Balaban J connectivity index is 2.28. The first-order valence-electron chi connectivity index (χ1n) is 4.02. The van der Waals surface area contributed by atoms with Gasteiger partial charge in [-0.25, -0.2) is 15.0 Å². The molecule has 0 fully saturated rings. The van der Waals surface area contributed by atoms with Gasteiger partial charge in [-0.1, -0.05) is 11.3 Å². The maximum Gasteiger partial charge on any atom is 0.189 e. The van der Waals surface area contributed by atoms with Gasteiger partial charge in [-0.3, -0.25) is 0 Å².